The van der Waals surface area contributed by atoms with Crippen LogP contribution in [0.3, 0.4) is 0 Å². The molecule has 0 amide bonds. The summed E-state index contributed by atoms with van der Waals surface area (Å²) in [5.41, 5.74) is 4.03. The summed E-state index contributed by atoms with van der Waals surface area (Å²) >= 11 is 0. The van der Waals surface area contributed by atoms with E-state index in [0.29, 0.717) is 0 Å². The second-order valence-electron chi connectivity index (χ2n) is 18.1. The number of aryl methyl sites for hydroxylation is 2. The van der Waals surface area contributed by atoms with Crippen LogP contribution in [0.25, 0.3) is 0 Å². The number of benzene rings is 4. The van der Waals surface area contributed by atoms with Crippen molar-refractivity contribution in [3.8, 4) is 0 Å². The van der Waals surface area contributed by atoms with Gasteiger partial charge in [0.25, 0.3) is 0 Å². The molecule has 0 bridgehead atoms. The van der Waals surface area contributed by atoms with E-state index in [1.165, 1.54) is 25.3 Å². The highest BCUT2D eigenvalue weighted by atomic mass is 16.5. The quantitative estimate of drug-likeness (QED) is 0.0891. The fourth-order valence-corrected chi connectivity index (χ4v) is 9.52. The Kier molecular flexibility index (Phi) is 17.4. The molecule has 2 saturated heterocycles. The number of nitrogens with zero attached hydrogens (tertiary/aromatic N) is 2. The number of ether oxygens (including phenoxy) is 2. The summed E-state index contributed by atoms with van der Waals surface area (Å²) in [5.74, 6) is -7.01. The average Bonchev–Trinajstić information content (AvgIpc) is 4.26. The summed E-state index contributed by atoms with van der Waals surface area (Å²) in [6.07, 6.45) is 4.56. The van der Waals surface area contributed by atoms with Crippen LogP contribution >= 0.6 is 0 Å². The summed E-state index contributed by atoms with van der Waals surface area (Å²) in [5, 5.41) is 51.6. The fraction of sp³-hybridized carbons (Fsp3) is 0.423. The Morgan fingerprint density at radius 2 is 0.750 bits per heavy atom. The van der Waals surface area contributed by atoms with Crippen LogP contribution < -0.4 is 0 Å². The number of hydrogen-bond donors (Lipinski definition) is 6. The maximum absolute atomic E-state index is 12.6. The third kappa shape index (κ3) is 12.5. The topological polar surface area (TPSA) is 249 Å². The molecule has 4 atom stereocenters. The van der Waals surface area contributed by atoms with E-state index in [4.69, 9.17) is 49.1 Å². The summed E-state index contributed by atoms with van der Waals surface area (Å²) in [4.78, 5) is 66.5. The van der Waals surface area contributed by atoms with Crippen molar-refractivity contribution >= 4 is 35.8 Å². The number of aliphatic hydroxyl groups is 2. The lowest BCUT2D eigenvalue weighted by Crippen LogP contribution is -2.44. The molecule has 4 aliphatic rings. The Morgan fingerprint density at radius 3 is 1.00 bits per heavy atom. The lowest BCUT2D eigenvalue weighted by Gasteiger charge is -2.39. The molecule has 2 aliphatic heterocycles. The molecule has 8 rings (SSSR count). The van der Waals surface area contributed by atoms with Crippen molar-refractivity contribution in [2.75, 3.05) is 53.5 Å². The Hall–Kier alpha value is -6.46. The first kappa shape index (κ1) is 52.5. The summed E-state index contributed by atoms with van der Waals surface area (Å²) in [6.45, 7) is 9.21. The molecule has 6 N–H and O–H groups in total. The summed E-state index contributed by atoms with van der Waals surface area (Å²) in [6, 6.07) is 36.5. The molecular weight excluding hydrogens is 877 g/mol. The normalized spacial score (nSPS) is 23.2. The Balaban J connectivity index is 0.000000205. The largest absolute Gasteiger partial charge is 0.473 e. The van der Waals surface area contributed by atoms with Crippen LogP contribution in [-0.2, 0) is 60.3 Å². The van der Waals surface area contributed by atoms with Crippen LogP contribution in [0.5, 0.6) is 0 Å². The molecule has 0 aromatic heterocycles. The molecule has 4 aromatic rings. The second-order valence-corrected chi connectivity index (χ2v) is 18.1. The molecule has 2 aliphatic carbocycles. The Labute approximate surface area is 395 Å². The van der Waals surface area contributed by atoms with Gasteiger partial charge < -0.3 is 49.9 Å². The molecule has 4 aromatic carbocycles. The molecule has 0 radical (unpaired) electrons. The number of methoxy groups -OCH3 is 2. The van der Waals surface area contributed by atoms with Gasteiger partial charge in [-0.15, -0.1) is 0 Å². The van der Waals surface area contributed by atoms with Crippen molar-refractivity contribution in [1.82, 2.24) is 9.80 Å². The van der Waals surface area contributed by atoms with Gasteiger partial charge in [-0.2, -0.15) is 0 Å². The van der Waals surface area contributed by atoms with Crippen LogP contribution in [0.4, 0.5) is 0 Å². The Bertz CT molecular complexity index is 2170. The molecule has 16 heteroatoms. The van der Waals surface area contributed by atoms with Gasteiger partial charge in [0.1, 0.15) is 0 Å². The maximum Gasteiger partial charge on any atom is 0.414 e. The van der Waals surface area contributed by atoms with Crippen LogP contribution in [-0.4, -0.2) is 130 Å². The van der Waals surface area contributed by atoms with E-state index in [2.05, 4.69) is 72.2 Å². The number of carbonyl (C=O) groups is 6. The van der Waals surface area contributed by atoms with E-state index >= 15 is 0 Å². The van der Waals surface area contributed by atoms with Gasteiger partial charge in [-0.25, -0.2) is 19.2 Å². The highest BCUT2D eigenvalue weighted by Crippen LogP contribution is 2.57. The van der Waals surface area contributed by atoms with Gasteiger partial charge in [0.05, 0.1) is 36.3 Å². The minimum Gasteiger partial charge on any atom is -0.473 e. The molecule has 2 saturated carbocycles. The molecule has 2 heterocycles. The number of piperidine rings is 2. The number of hydrogen-bond acceptors (Lipinski definition) is 12. The lowest BCUT2D eigenvalue weighted by atomic mass is 9.84. The molecule has 0 spiro atoms. The van der Waals surface area contributed by atoms with Crippen LogP contribution in [0.1, 0.15) is 71.9 Å². The van der Waals surface area contributed by atoms with E-state index in [0.717, 1.165) is 100 Å². The van der Waals surface area contributed by atoms with E-state index in [1.807, 2.05) is 60.7 Å². The highest BCUT2D eigenvalue weighted by Gasteiger charge is 2.63. The van der Waals surface area contributed by atoms with Gasteiger partial charge in [0.15, 0.2) is 0 Å². The number of likely N-dealkylation sites (tertiary alicyclic amines) is 2. The first-order valence-electron chi connectivity index (χ1n) is 22.5. The van der Waals surface area contributed by atoms with Crippen molar-refractivity contribution in [3.05, 3.63) is 143 Å². The minimum absolute atomic E-state index is 0.126. The van der Waals surface area contributed by atoms with Crippen molar-refractivity contribution in [2.24, 2.45) is 11.8 Å². The van der Waals surface area contributed by atoms with Crippen LogP contribution in [0.15, 0.2) is 109 Å². The number of esters is 2. The number of aliphatic carboxylic acids is 4. The first-order chi connectivity index (χ1) is 32.2. The summed E-state index contributed by atoms with van der Waals surface area (Å²) < 4.78 is 10.4. The van der Waals surface area contributed by atoms with Crippen molar-refractivity contribution in [2.45, 2.75) is 74.4 Å². The molecule has 16 nitrogen and oxygen atoms in total. The molecule has 68 heavy (non-hydrogen) atoms. The van der Waals surface area contributed by atoms with E-state index < -0.39 is 45.9 Å². The molecule has 4 fully saturated rings. The minimum atomic E-state index is -1.82. The van der Waals surface area contributed by atoms with Gasteiger partial charge in [-0.3, -0.25) is 9.59 Å². The number of carboxylic acids is 4. The van der Waals surface area contributed by atoms with E-state index in [9.17, 15) is 19.8 Å². The van der Waals surface area contributed by atoms with E-state index in [-0.39, 0.29) is 23.8 Å². The SMILES string of the molecule is COC(=O)[C@@]1(c2ccc(C)cc2)C[C@H]1CN1CCC(O)(c2ccccc2)CC1.COC(=O)[C@]1(c2ccc(C)cc2)C[C@@H]1CN1CCC(O)(c2ccccc2)CC1.O=C(O)C(=O)O.O=C(O)C(=O)O. The Morgan fingerprint density at radius 1 is 0.471 bits per heavy atom. The molecule has 0 unspecified atom stereocenters. The van der Waals surface area contributed by atoms with Crippen LogP contribution in [0, 0.1) is 25.7 Å². The monoisotopic (exact) mass is 938 g/mol. The zero-order valence-electron chi connectivity index (χ0n) is 38.9. The molecule has 364 valence electrons. The van der Waals surface area contributed by atoms with Gasteiger partial charge in [0.2, 0.25) is 0 Å². The zero-order valence-corrected chi connectivity index (χ0v) is 38.9. The van der Waals surface area contributed by atoms with Gasteiger partial charge in [0, 0.05) is 39.3 Å². The van der Waals surface area contributed by atoms with Crippen molar-refractivity contribution in [1.29, 1.82) is 0 Å². The number of carbonyl (C=O) groups excluding carboxylic acids is 2. The zero-order chi connectivity index (χ0) is 49.9. The standard InChI is InChI=1S/2C24H29NO3.2C2H2O4/c2*1-18-8-10-20(11-9-18)24(22(26)28-2)16-21(24)17-25-14-12-23(27,13-15-25)19-6-4-3-5-7-19;2*3-1(4)2(5)6/h2*3-11,21,27H,12-17H2,1-2H3;2*(H,3,4)(H,5,6)/t2*21-,24+;;/m10../s1. The van der Waals surface area contributed by atoms with Gasteiger partial charge >= 0.3 is 35.8 Å². The van der Waals surface area contributed by atoms with Crippen molar-refractivity contribution < 1.29 is 68.9 Å². The van der Waals surface area contributed by atoms with Gasteiger partial charge in [-0.1, -0.05) is 120 Å². The number of rotatable bonds is 10. The smallest absolute Gasteiger partial charge is 0.414 e. The average molecular weight is 939 g/mol. The van der Waals surface area contributed by atoms with Crippen molar-refractivity contribution in [3.63, 3.8) is 0 Å². The number of carboxylic acid groups (broad SMARTS) is 4. The van der Waals surface area contributed by atoms with E-state index in [1.54, 1.807) is 0 Å². The highest BCUT2D eigenvalue weighted by molar-refractivity contribution is 6.27. The third-order valence-corrected chi connectivity index (χ3v) is 13.8. The second kappa shape index (κ2) is 22.6. The third-order valence-electron chi connectivity index (χ3n) is 13.8. The maximum atomic E-state index is 12.6. The predicted octanol–water partition coefficient (Wildman–Crippen LogP) is 5.13. The van der Waals surface area contributed by atoms with Crippen LogP contribution in [0.2, 0.25) is 0 Å². The predicted molar refractivity (Wildman–Crippen MR) is 249 cm³/mol. The first-order valence-corrected chi connectivity index (χ1v) is 22.5. The van der Waals surface area contributed by atoms with Gasteiger partial charge in [-0.05, 0) is 86.5 Å². The lowest BCUT2D eigenvalue weighted by molar-refractivity contribution is -0.159. The molecular formula is C52H62N2O14. The fourth-order valence-electron chi connectivity index (χ4n) is 9.52. The summed E-state index contributed by atoms with van der Waals surface area (Å²) in [7, 11) is 2.96.